The molecule has 0 amide bonds. The van der Waals surface area contributed by atoms with Crippen molar-refractivity contribution in [2.24, 2.45) is 11.7 Å². The molecule has 0 bridgehead atoms. The smallest absolute Gasteiger partial charge is 0.0464 e. The Morgan fingerprint density at radius 3 is 2.69 bits per heavy atom. The van der Waals surface area contributed by atoms with Crippen LogP contribution in [0.4, 0.5) is 0 Å². The van der Waals surface area contributed by atoms with Crippen molar-refractivity contribution in [1.82, 2.24) is 0 Å². The Balaban J connectivity index is 3.08. The molecule has 0 aliphatic rings. The van der Waals surface area contributed by atoms with E-state index in [-0.39, 0.29) is 0 Å². The van der Waals surface area contributed by atoms with Crippen LogP contribution >= 0.6 is 11.8 Å². The molecule has 0 saturated heterocycles. The molecule has 0 aromatic rings. The van der Waals surface area contributed by atoms with Gasteiger partial charge in [0.1, 0.15) is 0 Å². The third-order valence-corrected chi connectivity index (χ3v) is 3.48. The molecule has 3 heteroatoms. The van der Waals surface area contributed by atoms with Gasteiger partial charge in [0.2, 0.25) is 0 Å². The van der Waals surface area contributed by atoms with Crippen molar-refractivity contribution in [3.63, 3.8) is 0 Å². The Hall–Kier alpha value is 0.270. The third-order valence-electron chi connectivity index (χ3n) is 2.10. The van der Waals surface area contributed by atoms with Crippen molar-refractivity contribution in [3.8, 4) is 0 Å². The molecule has 0 fully saturated rings. The number of thioether (sulfide) groups is 1. The second-order valence-electron chi connectivity index (χ2n) is 3.67. The minimum Gasteiger partial charge on any atom is -0.396 e. The number of hydrogen-bond acceptors (Lipinski definition) is 3. The predicted molar refractivity (Wildman–Crippen MR) is 61.1 cm³/mol. The maximum Gasteiger partial charge on any atom is 0.0464 e. The van der Waals surface area contributed by atoms with E-state index in [1.807, 2.05) is 11.8 Å². The Morgan fingerprint density at radius 2 is 2.15 bits per heavy atom. The van der Waals surface area contributed by atoms with Crippen LogP contribution < -0.4 is 5.73 Å². The molecule has 0 aliphatic heterocycles. The van der Waals surface area contributed by atoms with Crippen molar-refractivity contribution in [3.05, 3.63) is 0 Å². The summed E-state index contributed by atoms with van der Waals surface area (Å²) in [5, 5.41) is 8.78. The van der Waals surface area contributed by atoms with Crippen LogP contribution in [0, 0.1) is 5.92 Å². The molecule has 0 rings (SSSR count). The second-order valence-corrected chi connectivity index (χ2v) is 4.82. The highest BCUT2D eigenvalue weighted by Gasteiger charge is 2.01. The van der Waals surface area contributed by atoms with Gasteiger partial charge in [0.15, 0.2) is 0 Å². The zero-order valence-electron chi connectivity index (χ0n) is 8.83. The van der Waals surface area contributed by atoms with Gasteiger partial charge in [-0.1, -0.05) is 13.8 Å². The van der Waals surface area contributed by atoms with Gasteiger partial charge in [0.05, 0.1) is 0 Å². The van der Waals surface area contributed by atoms with Crippen molar-refractivity contribution in [1.29, 1.82) is 0 Å². The molecule has 80 valence electrons. The van der Waals surface area contributed by atoms with Crippen LogP contribution in [0.25, 0.3) is 0 Å². The summed E-state index contributed by atoms with van der Waals surface area (Å²) in [6.07, 6.45) is 3.42. The van der Waals surface area contributed by atoms with E-state index < -0.39 is 0 Å². The molecule has 3 N–H and O–H groups in total. The van der Waals surface area contributed by atoms with Gasteiger partial charge in [-0.15, -0.1) is 0 Å². The van der Waals surface area contributed by atoms with E-state index in [1.165, 1.54) is 12.2 Å². The van der Waals surface area contributed by atoms with Crippen molar-refractivity contribution in [2.75, 3.05) is 18.1 Å². The Morgan fingerprint density at radius 1 is 1.46 bits per heavy atom. The fraction of sp³-hybridized carbons (Fsp3) is 1.00. The summed E-state index contributed by atoms with van der Waals surface area (Å²) in [7, 11) is 0. The lowest BCUT2D eigenvalue weighted by Crippen LogP contribution is -2.18. The van der Waals surface area contributed by atoms with Gasteiger partial charge in [-0.2, -0.15) is 11.8 Å². The number of nitrogens with two attached hydrogens (primary N) is 1. The zero-order valence-corrected chi connectivity index (χ0v) is 9.65. The van der Waals surface area contributed by atoms with E-state index in [0.29, 0.717) is 18.6 Å². The van der Waals surface area contributed by atoms with Gasteiger partial charge in [0, 0.05) is 12.6 Å². The monoisotopic (exact) mass is 205 g/mol. The van der Waals surface area contributed by atoms with Gasteiger partial charge in [-0.25, -0.2) is 0 Å². The quantitative estimate of drug-likeness (QED) is 0.595. The van der Waals surface area contributed by atoms with Crippen LogP contribution in [0.5, 0.6) is 0 Å². The van der Waals surface area contributed by atoms with Crippen molar-refractivity contribution >= 4 is 11.8 Å². The normalized spacial score (nSPS) is 15.7. The highest BCUT2D eigenvalue weighted by atomic mass is 32.2. The number of aliphatic hydroxyl groups is 1. The molecule has 2 nitrogen and oxygen atoms in total. The third kappa shape index (κ3) is 8.60. The van der Waals surface area contributed by atoms with E-state index in [0.717, 1.165) is 18.6 Å². The molecular weight excluding hydrogens is 182 g/mol. The fourth-order valence-electron chi connectivity index (χ4n) is 0.989. The largest absolute Gasteiger partial charge is 0.396 e. The van der Waals surface area contributed by atoms with Crippen molar-refractivity contribution < 1.29 is 5.11 Å². The first-order valence-corrected chi connectivity index (χ1v) is 6.30. The Labute approximate surface area is 86.3 Å². The summed E-state index contributed by atoms with van der Waals surface area (Å²) in [6, 6.07) is 0.385. The summed E-state index contributed by atoms with van der Waals surface area (Å²) in [4.78, 5) is 0. The van der Waals surface area contributed by atoms with Gasteiger partial charge in [-0.3, -0.25) is 0 Å². The first-order valence-electron chi connectivity index (χ1n) is 5.14. The van der Waals surface area contributed by atoms with Crippen LogP contribution in [-0.2, 0) is 0 Å². The molecule has 0 spiro atoms. The fourth-order valence-corrected chi connectivity index (χ4v) is 2.03. The lowest BCUT2D eigenvalue weighted by molar-refractivity contribution is 0.250. The van der Waals surface area contributed by atoms with Gasteiger partial charge in [-0.05, 0) is 36.7 Å². The van der Waals surface area contributed by atoms with Crippen LogP contribution in [0.2, 0.25) is 0 Å². The first-order chi connectivity index (χ1) is 6.20. The molecule has 0 saturated carbocycles. The standard InChI is InChI=1S/C10H23NOS/c1-3-10(11)5-4-6-13-8-9(2)7-12/h9-10,12H,3-8,11H2,1-2H3. The lowest BCUT2D eigenvalue weighted by Gasteiger charge is -2.09. The van der Waals surface area contributed by atoms with Crippen LogP contribution in [0.3, 0.4) is 0 Å². The maximum absolute atomic E-state index is 8.78. The highest BCUT2D eigenvalue weighted by Crippen LogP contribution is 2.11. The molecule has 0 aromatic heterocycles. The van der Waals surface area contributed by atoms with Crippen molar-refractivity contribution in [2.45, 2.75) is 39.2 Å². The summed E-state index contributed by atoms with van der Waals surface area (Å²) in [6.45, 7) is 4.51. The predicted octanol–water partition coefficient (Wildman–Crippen LogP) is 1.87. The first kappa shape index (κ1) is 13.3. The Kier molecular flexibility index (Phi) is 9.03. The summed E-state index contributed by atoms with van der Waals surface area (Å²) in [5.74, 6) is 2.68. The SMILES string of the molecule is CCC(N)CCCSCC(C)CO. The van der Waals surface area contributed by atoms with E-state index in [4.69, 9.17) is 10.8 Å². The van der Waals surface area contributed by atoms with Crippen LogP contribution in [0.1, 0.15) is 33.1 Å². The Bertz CT molecular complexity index is 99.1. The van der Waals surface area contributed by atoms with Crippen LogP contribution in [0.15, 0.2) is 0 Å². The zero-order chi connectivity index (χ0) is 10.1. The topological polar surface area (TPSA) is 46.2 Å². The van der Waals surface area contributed by atoms with E-state index in [2.05, 4.69) is 13.8 Å². The minimum atomic E-state index is 0.307. The molecule has 13 heavy (non-hydrogen) atoms. The van der Waals surface area contributed by atoms with E-state index >= 15 is 0 Å². The number of hydrogen-bond donors (Lipinski definition) is 2. The summed E-state index contributed by atoms with van der Waals surface area (Å²) < 4.78 is 0. The van der Waals surface area contributed by atoms with Gasteiger partial charge >= 0.3 is 0 Å². The molecule has 0 aliphatic carbocycles. The maximum atomic E-state index is 8.78. The van der Waals surface area contributed by atoms with E-state index in [1.54, 1.807) is 0 Å². The molecule has 0 aromatic carbocycles. The molecule has 0 radical (unpaired) electrons. The second kappa shape index (κ2) is 8.85. The molecule has 2 atom stereocenters. The summed E-state index contributed by atoms with van der Waals surface area (Å²) in [5.41, 5.74) is 5.79. The number of rotatable bonds is 8. The molecular formula is C10H23NOS. The van der Waals surface area contributed by atoms with Gasteiger partial charge in [0.25, 0.3) is 0 Å². The van der Waals surface area contributed by atoms with Gasteiger partial charge < -0.3 is 10.8 Å². The number of aliphatic hydroxyl groups excluding tert-OH is 1. The van der Waals surface area contributed by atoms with E-state index in [9.17, 15) is 0 Å². The minimum absolute atomic E-state index is 0.307. The average molecular weight is 205 g/mol. The molecule has 0 heterocycles. The molecule has 2 unspecified atom stereocenters. The summed E-state index contributed by atoms with van der Waals surface area (Å²) >= 11 is 1.92. The lowest BCUT2D eigenvalue weighted by atomic mass is 10.1. The van der Waals surface area contributed by atoms with Crippen LogP contribution in [-0.4, -0.2) is 29.3 Å². The average Bonchev–Trinajstić information content (AvgIpc) is 2.16. The highest BCUT2D eigenvalue weighted by molar-refractivity contribution is 7.99.